The molecule has 0 aliphatic carbocycles. The molecule has 0 spiro atoms. The van der Waals surface area contributed by atoms with Crippen molar-refractivity contribution >= 4 is 5.57 Å². The van der Waals surface area contributed by atoms with Gasteiger partial charge in [0, 0.05) is 6.54 Å². The predicted octanol–water partition coefficient (Wildman–Crippen LogP) is 2.54. The number of benzene rings is 1. The SMILES string of the molecule is N#Cc1ccc(C2=C(COC(F)F)CCNC2)cc1. The first-order valence-corrected chi connectivity index (χ1v) is 6.02. The highest BCUT2D eigenvalue weighted by Crippen LogP contribution is 2.24. The number of nitriles is 1. The van der Waals surface area contributed by atoms with Crippen LogP contribution < -0.4 is 5.32 Å². The largest absolute Gasteiger partial charge is 0.345 e. The lowest BCUT2D eigenvalue weighted by Crippen LogP contribution is -2.26. The molecule has 1 aliphatic rings. The number of halogens is 2. The van der Waals surface area contributed by atoms with Crippen molar-refractivity contribution in [3.8, 4) is 6.07 Å². The zero-order valence-corrected chi connectivity index (χ0v) is 10.3. The van der Waals surface area contributed by atoms with Crippen LogP contribution in [0.5, 0.6) is 0 Å². The Bertz CT molecular complexity index is 503. The molecule has 1 heterocycles. The molecule has 1 N–H and O–H groups in total. The van der Waals surface area contributed by atoms with Crippen LogP contribution in [0.15, 0.2) is 29.8 Å². The lowest BCUT2D eigenvalue weighted by atomic mass is 9.95. The van der Waals surface area contributed by atoms with E-state index in [2.05, 4.69) is 16.1 Å². The first-order chi connectivity index (χ1) is 9.20. The molecule has 3 nitrogen and oxygen atoms in total. The Labute approximate surface area is 110 Å². The third-order valence-electron chi connectivity index (χ3n) is 3.08. The fraction of sp³-hybridized carbons (Fsp3) is 0.357. The molecule has 2 rings (SSSR count). The van der Waals surface area contributed by atoms with Gasteiger partial charge in [0.15, 0.2) is 0 Å². The van der Waals surface area contributed by atoms with Gasteiger partial charge in [0.05, 0.1) is 18.2 Å². The van der Waals surface area contributed by atoms with Gasteiger partial charge in [-0.2, -0.15) is 14.0 Å². The summed E-state index contributed by atoms with van der Waals surface area (Å²) in [5.41, 5.74) is 3.40. The van der Waals surface area contributed by atoms with Gasteiger partial charge in [-0.05, 0) is 41.8 Å². The maximum absolute atomic E-state index is 12.1. The van der Waals surface area contributed by atoms with Gasteiger partial charge in [-0.15, -0.1) is 0 Å². The van der Waals surface area contributed by atoms with E-state index in [1.54, 1.807) is 12.1 Å². The van der Waals surface area contributed by atoms with Crippen LogP contribution in [0.25, 0.3) is 5.57 Å². The van der Waals surface area contributed by atoms with Crippen molar-refractivity contribution in [3.63, 3.8) is 0 Å². The van der Waals surface area contributed by atoms with Crippen LogP contribution in [0.4, 0.5) is 8.78 Å². The zero-order chi connectivity index (χ0) is 13.7. The zero-order valence-electron chi connectivity index (χ0n) is 10.3. The van der Waals surface area contributed by atoms with Gasteiger partial charge in [0.2, 0.25) is 0 Å². The molecule has 19 heavy (non-hydrogen) atoms. The highest BCUT2D eigenvalue weighted by molar-refractivity contribution is 5.71. The van der Waals surface area contributed by atoms with Crippen molar-refractivity contribution in [2.24, 2.45) is 0 Å². The highest BCUT2D eigenvalue weighted by atomic mass is 19.3. The molecule has 1 aromatic carbocycles. The highest BCUT2D eigenvalue weighted by Gasteiger charge is 2.15. The molecule has 1 aliphatic heterocycles. The smallest absolute Gasteiger partial charge is 0.318 e. The monoisotopic (exact) mass is 264 g/mol. The Kier molecular flexibility index (Phi) is 4.61. The van der Waals surface area contributed by atoms with Crippen LogP contribution in [0.2, 0.25) is 0 Å². The van der Waals surface area contributed by atoms with Crippen LogP contribution in [-0.4, -0.2) is 26.3 Å². The fourth-order valence-corrected chi connectivity index (χ4v) is 2.10. The van der Waals surface area contributed by atoms with E-state index in [1.807, 2.05) is 12.1 Å². The molecule has 0 aromatic heterocycles. The van der Waals surface area contributed by atoms with Crippen LogP contribution >= 0.6 is 0 Å². The quantitative estimate of drug-likeness (QED) is 0.909. The minimum atomic E-state index is -2.75. The average molecular weight is 264 g/mol. The first kappa shape index (κ1) is 13.7. The molecular formula is C14H14F2N2O. The third kappa shape index (κ3) is 3.60. The van der Waals surface area contributed by atoms with Crippen molar-refractivity contribution in [3.05, 3.63) is 41.0 Å². The van der Waals surface area contributed by atoms with Crippen LogP contribution in [0.3, 0.4) is 0 Å². The summed E-state index contributed by atoms with van der Waals surface area (Å²) < 4.78 is 28.6. The summed E-state index contributed by atoms with van der Waals surface area (Å²) >= 11 is 0. The van der Waals surface area contributed by atoms with Crippen LogP contribution in [-0.2, 0) is 4.74 Å². The maximum Gasteiger partial charge on any atom is 0.345 e. The molecule has 100 valence electrons. The second-order valence-electron chi connectivity index (χ2n) is 4.27. The molecule has 0 saturated carbocycles. The van der Waals surface area contributed by atoms with Gasteiger partial charge in [-0.3, -0.25) is 0 Å². The van der Waals surface area contributed by atoms with E-state index in [9.17, 15) is 8.78 Å². The number of hydrogen-bond acceptors (Lipinski definition) is 3. The topological polar surface area (TPSA) is 45.0 Å². The van der Waals surface area contributed by atoms with E-state index >= 15 is 0 Å². The Morgan fingerprint density at radius 1 is 1.32 bits per heavy atom. The second kappa shape index (κ2) is 6.41. The van der Waals surface area contributed by atoms with E-state index in [0.717, 1.165) is 23.3 Å². The predicted molar refractivity (Wildman–Crippen MR) is 67.5 cm³/mol. The van der Waals surface area contributed by atoms with Gasteiger partial charge in [0.1, 0.15) is 0 Å². The van der Waals surface area contributed by atoms with Gasteiger partial charge in [0.25, 0.3) is 0 Å². The molecule has 0 atom stereocenters. The van der Waals surface area contributed by atoms with Crippen molar-refractivity contribution < 1.29 is 13.5 Å². The first-order valence-electron chi connectivity index (χ1n) is 6.02. The van der Waals surface area contributed by atoms with E-state index in [1.165, 1.54) is 0 Å². The molecule has 0 unspecified atom stereocenters. The summed E-state index contributed by atoms with van der Waals surface area (Å²) in [6.45, 7) is -1.39. The summed E-state index contributed by atoms with van der Waals surface area (Å²) in [7, 11) is 0. The number of hydrogen-bond donors (Lipinski definition) is 1. The van der Waals surface area contributed by atoms with Crippen molar-refractivity contribution in [1.29, 1.82) is 5.26 Å². The Balaban J connectivity index is 2.23. The summed E-state index contributed by atoms with van der Waals surface area (Å²) in [6.07, 6.45) is 0.696. The summed E-state index contributed by atoms with van der Waals surface area (Å²) in [5.74, 6) is 0. The minimum Gasteiger partial charge on any atom is -0.318 e. The number of alkyl halides is 2. The van der Waals surface area contributed by atoms with Crippen molar-refractivity contribution in [2.45, 2.75) is 13.0 Å². The van der Waals surface area contributed by atoms with E-state index in [-0.39, 0.29) is 6.61 Å². The van der Waals surface area contributed by atoms with Gasteiger partial charge in [-0.1, -0.05) is 12.1 Å². The van der Waals surface area contributed by atoms with Crippen molar-refractivity contribution in [1.82, 2.24) is 5.32 Å². The molecule has 0 saturated heterocycles. The number of ether oxygens (including phenoxy) is 1. The summed E-state index contributed by atoms with van der Waals surface area (Å²) in [5, 5.41) is 12.0. The van der Waals surface area contributed by atoms with E-state index in [4.69, 9.17) is 5.26 Å². The van der Waals surface area contributed by atoms with Crippen LogP contribution in [0.1, 0.15) is 17.5 Å². The average Bonchev–Trinajstić information content (AvgIpc) is 2.45. The number of nitrogens with zero attached hydrogens (tertiary/aromatic N) is 1. The molecule has 0 amide bonds. The number of rotatable bonds is 4. The van der Waals surface area contributed by atoms with Crippen LogP contribution in [0, 0.1) is 11.3 Å². The number of nitrogens with one attached hydrogen (secondary N) is 1. The third-order valence-corrected chi connectivity index (χ3v) is 3.08. The van der Waals surface area contributed by atoms with Gasteiger partial charge in [-0.25, -0.2) is 0 Å². The molecule has 0 fully saturated rings. The summed E-state index contributed by atoms with van der Waals surface area (Å²) in [4.78, 5) is 0. The van der Waals surface area contributed by atoms with Gasteiger partial charge >= 0.3 is 6.61 Å². The van der Waals surface area contributed by atoms with E-state index in [0.29, 0.717) is 18.5 Å². The molecule has 0 radical (unpaired) electrons. The lowest BCUT2D eigenvalue weighted by Gasteiger charge is -2.21. The van der Waals surface area contributed by atoms with Crippen molar-refractivity contribution in [2.75, 3.05) is 19.7 Å². The molecular weight excluding hydrogens is 250 g/mol. The second-order valence-corrected chi connectivity index (χ2v) is 4.27. The lowest BCUT2D eigenvalue weighted by molar-refractivity contribution is -0.121. The molecule has 5 heteroatoms. The fourth-order valence-electron chi connectivity index (χ4n) is 2.10. The Hall–Kier alpha value is -1.77. The Morgan fingerprint density at radius 2 is 2.05 bits per heavy atom. The normalized spacial score (nSPS) is 15.7. The maximum atomic E-state index is 12.1. The standard InChI is InChI=1S/C14H14F2N2O/c15-14(16)19-9-12-5-6-18-8-13(12)11-3-1-10(7-17)2-4-11/h1-4,14,18H,5-6,8-9H2. The summed E-state index contributed by atoms with van der Waals surface area (Å²) in [6, 6.07) is 9.18. The molecule has 0 bridgehead atoms. The minimum absolute atomic E-state index is 0.0469. The van der Waals surface area contributed by atoms with E-state index < -0.39 is 6.61 Å². The molecule has 1 aromatic rings. The Morgan fingerprint density at radius 3 is 2.68 bits per heavy atom. The van der Waals surface area contributed by atoms with Gasteiger partial charge < -0.3 is 10.1 Å².